The van der Waals surface area contributed by atoms with E-state index in [1.165, 1.54) is 24.3 Å². The summed E-state index contributed by atoms with van der Waals surface area (Å²) in [7, 11) is 0. The first kappa shape index (κ1) is 22.4. The molecule has 0 spiro atoms. The summed E-state index contributed by atoms with van der Waals surface area (Å²) in [5, 5.41) is 2.88. The van der Waals surface area contributed by atoms with Gasteiger partial charge >= 0.3 is 0 Å². The standard InChI is InChI=1S/C27H20F2N8O/c28-16-5-1-14(2-6-16)11-18-25-31-9-10-37(25)13-19(33-18)23-34-22(30)21-24(35-23)36-26(38)27(21,15-3-4-15)20-8-7-17(29)12-32-20/h1-2,5-10,12-13,15H,3-4,11H2,(H3,30,34,35,36,38). The van der Waals surface area contributed by atoms with Gasteiger partial charge in [0.05, 0.1) is 23.1 Å². The van der Waals surface area contributed by atoms with E-state index in [2.05, 4.69) is 25.3 Å². The van der Waals surface area contributed by atoms with E-state index < -0.39 is 11.2 Å². The van der Waals surface area contributed by atoms with Crippen LogP contribution in [0.5, 0.6) is 0 Å². The van der Waals surface area contributed by atoms with E-state index in [9.17, 15) is 13.6 Å². The fourth-order valence-electron chi connectivity index (χ4n) is 5.38. The lowest BCUT2D eigenvalue weighted by Gasteiger charge is -2.27. The number of nitrogens with two attached hydrogens (primary N) is 1. The number of anilines is 2. The molecule has 4 aromatic heterocycles. The van der Waals surface area contributed by atoms with Crippen molar-refractivity contribution in [3.8, 4) is 11.5 Å². The van der Waals surface area contributed by atoms with Crippen LogP contribution >= 0.6 is 0 Å². The Morgan fingerprint density at radius 1 is 1.03 bits per heavy atom. The number of amides is 1. The normalized spacial score (nSPS) is 18.5. The summed E-state index contributed by atoms with van der Waals surface area (Å²) in [5.74, 6) is -0.490. The highest BCUT2D eigenvalue weighted by atomic mass is 19.1. The number of carbonyl (C=O) groups is 1. The number of nitrogen functional groups attached to an aromatic ring is 1. The van der Waals surface area contributed by atoms with Crippen molar-refractivity contribution in [1.29, 1.82) is 0 Å². The van der Waals surface area contributed by atoms with Crippen LogP contribution in [0.15, 0.2) is 61.2 Å². The predicted octanol–water partition coefficient (Wildman–Crippen LogP) is 3.68. The molecule has 2 aliphatic rings. The molecule has 3 N–H and O–H groups in total. The highest BCUT2D eigenvalue weighted by Gasteiger charge is 2.60. The molecule has 1 saturated carbocycles. The number of nitrogens with one attached hydrogen (secondary N) is 1. The van der Waals surface area contributed by atoms with Crippen LogP contribution in [0.25, 0.3) is 17.2 Å². The van der Waals surface area contributed by atoms with Crippen molar-refractivity contribution in [3.05, 3.63) is 95.3 Å². The van der Waals surface area contributed by atoms with Gasteiger partial charge in [0.25, 0.3) is 0 Å². The first-order valence-corrected chi connectivity index (χ1v) is 12.1. The molecule has 38 heavy (non-hydrogen) atoms. The number of halogens is 2. The first-order chi connectivity index (χ1) is 18.4. The number of pyridine rings is 1. The van der Waals surface area contributed by atoms with Crippen LogP contribution in [0.3, 0.4) is 0 Å². The minimum atomic E-state index is -1.18. The van der Waals surface area contributed by atoms with Gasteiger partial charge in [-0.25, -0.2) is 28.7 Å². The average molecular weight is 511 g/mol. The number of hydrogen-bond donors (Lipinski definition) is 2. The Bertz CT molecular complexity index is 1730. The highest BCUT2D eigenvalue weighted by Crippen LogP contribution is 2.57. The van der Waals surface area contributed by atoms with Gasteiger partial charge in [-0.3, -0.25) is 9.78 Å². The van der Waals surface area contributed by atoms with E-state index in [4.69, 9.17) is 10.7 Å². The summed E-state index contributed by atoms with van der Waals surface area (Å²) in [6, 6.07) is 9.00. The van der Waals surface area contributed by atoms with Gasteiger partial charge in [-0.05, 0) is 48.6 Å². The van der Waals surface area contributed by atoms with Gasteiger partial charge in [0, 0.05) is 25.0 Å². The van der Waals surface area contributed by atoms with Crippen LogP contribution in [-0.2, 0) is 16.6 Å². The smallest absolute Gasteiger partial charge is 0.242 e. The minimum Gasteiger partial charge on any atom is -0.383 e. The molecule has 1 fully saturated rings. The molecule has 1 amide bonds. The second-order valence-electron chi connectivity index (χ2n) is 9.59. The maximum absolute atomic E-state index is 13.7. The van der Waals surface area contributed by atoms with Crippen LogP contribution in [-0.4, -0.2) is 35.2 Å². The van der Waals surface area contributed by atoms with Crippen molar-refractivity contribution in [2.24, 2.45) is 5.92 Å². The van der Waals surface area contributed by atoms with Gasteiger partial charge in [0.1, 0.15) is 34.4 Å². The summed E-state index contributed by atoms with van der Waals surface area (Å²) in [6.45, 7) is 0. The Morgan fingerprint density at radius 3 is 2.55 bits per heavy atom. The summed E-state index contributed by atoms with van der Waals surface area (Å²) >= 11 is 0. The number of hydrogen-bond acceptors (Lipinski definition) is 7. The molecule has 5 aromatic rings. The number of rotatable bonds is 5. The van der Waals surface area contributed by atoms with E-state index >= 15 is 0 Å². The Balaban J connectivity index is 1.35. The number of fused-ring (bicyclic) bond motifs is 2. The fourth-order valence-corrected chi connectivity index (χ4v) is 5.38. The number of carbonyl (C=O) groups excluding carboxylic acids is 1. The van der Waals surface area contributed by atoms with Gasteiger partial charge < -0.3 is 15.5 Å². The van der Waals surface area contributed by atoms with Crippen molar-refractivity contribution >= 4 is 23.2 Å². The topological polar surface area (TPSA) is 124 Å². The molecule has 188 valence electrons. The lowest BCUT2D eigenvalue weighted by molar-refractivity contribution is -0.120. The van der Waals surface area contributed by atoms with Gasteiger partial charge in [-0.2, -0.15) is 0 Å². The van der Waals surface area contributed by atoms with Crippen molar-refractivity contribution in [1.82, 2.24) is 29.3 Å². The van der Waals surface area contributed by atoms with Gasteiger partial charge in [-0.1, -0.05) is 12.1 Å². The molecule has 0 bridgehead atoms. The zero-order chi connectivity index (χ0) is 26.0. The van der Waals surface area contributed by atoms with E-state index in [0.29, 0.717) is 40.5 Å². The second-order valence-corrected chi connectivity index (χ2v) is 9.59. The fraction of sp³-hybridized carbons (Fsp3) is 0.185. The molecule has 0 radical (unpaired) electrons. The molecule has 0 saturated heterocycles. The summed E-state index contributed by atoms with van der Waals surface area (Å²) in [5.41, 5.74) is 8.81. The average Bonchev–Trinajstić information content (AvgIpc) is 3.56. The van der Waals surface area contributed by atoms with Crippen molar-refractivity contribution in [2.45, 2.75) is 24.7 Å². The lowest BCUT2D eigenvalue weighted by atomic mass is 9.74. The SMILES string of the molecule is Nc1nc(-c2cn3ccnc3c(Cc3ccc(F)cc3)n2)nc2c1C(c1ccc(F)cn1)(C1CC1)C(=O)N2. The van der Waals surface area contributed by atoms with E-state index in [-0.39, 0.29) is 29.3 Å². The third-order valence-corrected chi connectivity index (χ3v) is 7.20. The maximum Gasteiger partial charge on any atom is 0.242 e. The largest absolute Gasteiger partial charge is 0.383 e. The van der Waals surface area contributed by atoms with E-state index in [1.54, 1.807) is 30.7 Å². The van der Waals surface area contributed by atoms with Crippen LogP contribution in [0, 0.1) is 17.6 Å². The summed E-state index contributed by atoms with van der Waals surface area (Å²) in [4.78, 5) is 36.2. The quantitative estimate of drug-likeness (QED) is 0.370. The van der Waals surface area contributed by atoms with Crippen LogP contribution < -0.4 is 11.1 Å². The Morgan fingerprint density at radius 2 is 1.82 bits per heavy atom. The second kappa shape index (κ2) is 8.10. The van der Waals surface area contributed by atoms with Crippen LogP contribution in [0.2, 0.25) is 0 Å². The zero-order valence-corrected chi connectivity index (χ0v) is 19.9. The molecule has 1 aliphatic heterocycles. The van der Waals surface area contributed by atoms with Crippen molar-refractivity contribution < 1.29 is 13.6 Å². The molecule has 1 unspecified atom stereocenters. The molecule has 1 aromatic carbocycles. The number of nitrogens with zero attached hydrogens (tertiary/aromatic N) is 6. The summed E-state index contributed by atoms with van der Waals surface area (Å²) in [6.07, 6.45) is 8.30. The molecule has 1 atom stereocenters. The summed E-state index contributed by atoms with van der Waals surface area (Å²) < 4.78 is 28.9. The van der Waals surface area contributed by atoms with Crippen LogP contribution in [0.1, 0.15) is 35.4 Å². The third-order valence-electron chi connectivity index (χ3n) is 7.20. The molecular weight excluding hydrogens is 490 g/mol. The van der Waals surface area contributed by atoms with Crippen molar-refractivity contribution in [2.75, 3.05) is 11.1 Å². The molecular formula is C27H20F2N8O. The Labute approximate surface area is 214 Å². The number of aromatic nitrogens is 6. The zero-order valence-electron chi connectivity index (χ0n) is 19.9. The molecule has 1 aliphatic carbocycles. The van der Waals surface area contributed by atoms with E-state index in [0.717, 1.165) is 24.6 Å². The minimum absolute atomic E-state index is 0.0406. The van der Waals surface area contributed by atoms with E-state index in [1.807, 2.05) is 4.40 Å². The molecule has 9 nitrogen and oxygen atoms in total. The lowest BCUT2D eigenvalue weighted by Crippen LogP contribution is -2.39. The highest BCUT2D eigenvalue weighted by molar-refractivity contribution is 6.09. The first-order valence-electron chi connectivity index (χ1n) is 12.1. The van der Waals surface area contributed by atoms with Gasteiger partial charge in [0.15, 0.2) is 11.5 Å². The Hall–Kier alpha value is -4.80. The third kappa shape index (κ3) is 3.35. The molecule has 7 rings (SSSR count). The molecule has 11 heteroatoms. The van der Waals surface area contributed by atoms with Gasteiger partial charge in [0.2, 0.25) is 5.91 Å². The monoisotopic (exact) mass is 510 g/mol. The van der Waals surface area contributed by atoms with Crippen molar-refractivity contribution in [3.63, 3.8) is 0 Å². The van der Waals surface area contributed by atoms with Crippen LogP contribution in [0.4, 0.5) is 20.4 Å². The maximum atomic E-state index is 13.7. The molecule has 5 heterocycles. The number of benzene rings is 1. The van der Waals surface area contributed by atoms with Gasteiger partial charge in [-0.15, -0.1) is 0 Å². The predicted molar refractivity (Wildman–Crippen MR) is 134 cm³/mol. The number of imidazole rings is 1. The Kier molecular flexibility index (Phi) is 4.78.